The maximum absolute atomic E-state index is 12.9. The van der Waals surface area contributed by atoms with E-state index < -0.39 is 9.84 Å². The first kappa shape index (κ1) is 27.2. The van der Waals surface area contributed by atoms with E-state index in [1.165, 1.54) is 11.6 Å². The van der Waals surface area contributed by atoms with Gasteiger partial charge in [0.1, 0.15) is 0 Å². The monoisotopic (exact) mass is 570 g/mol. The van der Waals surface area contributed by atoms with Gasteiger partial charge in [-0.2, -0.15) is 0 Å². The topological polar surface area (TPSA) is 120 Å². The highest BCUT2D eigenvalue weighted by Crippen LogP contribution is 2.28. The Morgan fingerprint density at radius 2 is 1.85 bits per heavy atom. The zero-order valence-corrected chi connectivity index (χ0v) is 23.6. The maximum Gasteiger partial charge on any atom is 0.251 e. The molecule has 9 nitrogen and oxygen atoms in total. The molecule has 210 valence electrons. The minimum atomic E-state index is -3.51. The van der Waals surface area contributed by atoms with Crippen molar-refractivity contribution in [1.29, 1.82) is 0 Å². The summed E-state index contributed by atoms with van der Waals surface area (Å²) >= 11 is 0. The Balaban J connectivity index is 1.21. The van der Waals surface area contributed by atoms with Gasteiger partial charge in [0.2, 0.25) is 0 Å². The van der Waals surface area contributed by atoms with Crippen molar-refractivity contribution in [3.63, 3.8) is 0 Å². The molecular weight excluding hydrogens is 540 g/mol. The van der Waals surface area contributed by atoms with Gasteiger partial charge < -0.3 is 14.8 Å². The SMILES string of the molecule is C[C@@H]1C=C(c2cccc(-c3ccc4cnc(CNC(=O)c5ccc6c(c5)S(=O)(=O)CCOC6)cc4n3)n2)C[C@H](C)O1. The first-order valence-corrected chi connectivity index (χ1v) is 15.2. The first-order chi connectivity index (χ1) is 19.7. The second-order valence-electron chi connectivity index (χ2n) is 10.4. The van der Waals surface area contributed by atoms with Crippen LogP contribution in [0.15, 0.2) is 71.8 Å². The summed E-state index contributed by atoms with van der Waals surface area (Å²) in [5.41, 5.74) is 5.79. The van der Waals surface area contributed by atoms with E-state index in [1.54, 1.807) is 18.3 Å². The molecule has 1 amide bonds. The quantitative estimate of drug-likeness (QED) is 0.372. The minimum Gasteiger partial charge on any atom is -0.376 e. The molecule has 0 radical (unpaired) electrons. The third kappa shape index (κ3) is 5.90. The highest BCUT2D eigenvalue weighted by Gasteiger charge is 2.24. The number of nitrogens with zero attached hydrogens (tertiary/aromatic N) is 3. The van der Waals surface area contributed by atoms with Crippen molar-refractivity contribution in [3.8, 4) is 11.4 Å². The molecule has 2 aliphatic heterocycles. The van der Waals surface area contributed by atoms with E-state index >= 15 is 0 Å². The standard InChI is InChI=1S/C31H30N4O5S/c1-19-12-24(13-20(2)40-19)26-4-3-5-27(34-26)28-9-8-22-16-32-25(15-29(22)35-28)17-33-31(36)21-6-7-23-18-39-10-11-41(37,38)30(23)14-21/h3-9,12,14-16,19-20H,10-11,13,17-18H2,1-2H3,(H,33,36)/t19-,20+/m1/s1. The lowest BCUT2D eigenvalue weighted by Crippen LogP contribution is -2.23. The fraction of sp³-hybridized carbons (Fsp3) is 0.290. The average Bonchev–Trinajstić information content (AvgIpc) is 3.12. The molecule has 4 aromatic rings. The third-order valence-corrected chi connectivity index (χ3v) is 8.96. The van der Waals surface area contributed by atoms with Crippen molar-refractivity contribution in [1.82, 2.24) is 20.3 Å². The summed E-state index contributed by atoms with van der Waals surface area (Å²) in [6.07, 6.45) is 4.83. The Morgan fingerprint density at radius 3 is 2.71 bits per heavy atom. The number of amides is 1. The van der Waals surface area contributed by atoms with Gasteiger partial charge in [0.25, 0.3) is 5.91 Å². The van der Waals surface area contributed by atoms with Crippen molar-refractivity contribution in [2.24, 2.45) is 0 Å². The number of pyridine rings is 3. The molecule has 0 saturated carbocycles. The van der Waals surface area contributed by atoms with E-state index in [4.69, 9.17) is 19.4 Å². The van der Waals surface area contributed by atoms with Crippen LogP contribution in [0, 0.1) is 0 Å². The molecule has 5 heterocycles. The number of rotatable bonds is 5. The molecule has 2 atom stereocenters. The number of ether oxygens (including phenoxy) is 2. The Hall–Kier alpha value is -3.99. The van der Waals surface area contributed by atoms with Gasteiger partial charge in [-0.05, 0) is 67.4 Å². The Morgan fingerprint density at radius 1 is 1.02 bits per heavy atom. The molecule has 41 heavy (non-hydrogen) atoms. The smallest absolute Gasteiger partial charge is 0.251 e. The minimum absolute atomic E-state index is 0.0452. The summed E-state index contributed by atoms with van der Waals surface area (Å²) in [4.78, 5) is 27.3. The van der Waals surface area contributed by atoms with Crippen molar-refractivity contribution in [2.45, 2.75) is 50.5 Å². The van der Waals surface area contributed by atoms with Gasteiger partial charge >= 0.3 is 0 Å². The molecule has 0 bridgehead atoms. The molecule has 0 saturated heterocycles. The molecule has 1 aromatic carbocycles. The second-order valence-corrected chi connectivity index (χ2v) is 12.5. The van der Waals surface area contributed by atoms with Gasteiger partial charge in [-0.15, -0.1) is 0 Å². The molecule has 0 aliphatic carbocycles. The molecule has 6 rings (SSSR count). The van der Waals surface area contributed by atoms with Crippen LogP contribution in [-0.2, 0) is 32.5 Å². The molecule has 3 aromatic heterocycles. The van der Waals surface area contributed by atoms with Crippen LogP contribution in [0.2, 0.25) is 0 Å². The van der Waals surface area contributed by atoms with Crippen molar-refractivity contribution < 1.29 is 22.7 Å². The van der Waals surface area contributed by atoms with Crippen LogP contribution in [-0.4, -0.2) is 53.8 Å². The summed E-state index contributed by atoms with van der Waals surface area (Å²) in [5, 5.41) is 3.71. The molecule has 0 unspecified atom stereocenters. The van der Waals surface area contributed by atoms with Gasteiger partial charge in [-0.1, -0.05) is 18.2 Å². The lowest BCUT2D eigenvalue weighted by Gasteiger charge is -2.24. The number of sulfone groups is 1. The van der Waals surface area contributed by atoms with Gasteiger partial charge in [0.15, 0.2) is 9.84 Å². The average molecular weight is 571 g/mol. The first-order valence-electron chi connectivity index (χ1n) is 13.6. The molecule has 0 fully saturated rings. The molecule has 0 spiro atoms. The Bertz CT molecular complexity index is 1790. The predicted molar refractivity (Wildman–Crippen MR) is 155 cm³/mol. The second kappa shape index (κ2) is 11.1. The fourth-order valence-corrected chi connectivity index (χ4v) is 6.59. The van der Waals surface area contributed by atoms with Crippen LogP contribution >= 0.6 is 0 Å². The number of benzene rings is 1. The van der Waals surface area contributed by atoms with E-state index in [2.05, 4.69) is 23.3 Å². The molecule has 1 N–H and O–H groups in total. The highest BCUT2D eigenvalue weighted by atomic mass is 32.2. The zero-order valence-electron chi connectivity index (χ0n) is 22.8. The summed E-state index contributed by atoms with van der Waals surface area (Å²) in [5.74, 6) is -0.490. The van der Waals surface area contributed by atoms with Crippen LogP contribution in [0.4, 0.5) is 0 Å². The fourth-order valence-electron chi connectivity index (χ4n) is 5.20. The Kier molecular flexibility index (Phi) is 7.37. The lowest BCUT2D eigenvalue weighted by atomic mass is 10.00. The van der Waals surface area contributed by atoms with Gasteiger partial charge in [-0.25, -0.2) is 18.4 Å². The van der Waals surface area contributed by atoms with E-state index in [-0.39, 0.29) is 54.1 Å². The van der Waals surface area contributed by atoms with Crippen LogP contribution < -0.4 is 5.32 Å². The third-order valence-electron chi connectivity index (χ3n) is 7.21. The van der Waals surface area contributed by atoms with Crippen molar-refractivity contribution in [3.05, 3.63) is 89.4 Å². The van der Waals surface area contributed by atoms with E-state index in [0.29, 0.717) is 11.3 Å². The predicted octanol–water partition coefficient (Wildman–Crippen LogP) is 4.51. The highest BCUT2D eigenvalue weighted by molar-refractivity contribution is 7.91. The maximum atomic E-state index is 12.9. The number of fused-ring (bicyclic) bond motifs is 2. The van der Waals surface area contributed by atoms with E-state index in [1.807, 2.05) is 43.3 Å². The van der Waals surface area contributed by atoms with Gasteiger partial charge in [0.05, 0.1) is 70.9 Å². The zero-order chi connectivity index (χ0) is 28.6. The number of hydrogen-bond acceptors (Lipinski definition) is 8. The normalized spacial score (nSPS) is 20.1. The number of aromatic nitrogens is 3. The summed E-state index contributed by atoms with van der Waals surface area (Å²) in [7, 11) is -3.51. The number of carbonyl (C=O) groups is 1. The van der Waals surface area contributed by atoms with Gasteiger partial charge in [0, 0.05) is 23.6 Å². The summed E-state index contributed by atoms with van der Waals surface area (Å²) < 4.78 is 36.4. The van der Waals surface area contributed by atoms with E-state index in [0.717, 1.165) is 34.4 Å². The summed E-state index contributed by atoms with van der Waals surface area (Å²) in [6.45, 7) is 4.60. The van der Waals surface area contributed by atoms with Crippen LogP contribution in [0.1, 0.15) is 47.6 Å². The van der Waals surface area contributed by atoms with Crippen LogP contribution in [0.3, 0.4) is 0 Å². The van der Waals surface area contributed by atoms with E-state index in [9.17, 15) is 13.2 Å². The number of hydrogen-bond donors (Lipinski definition) is 1. The number of carbonyl (C=O) groups excluding carboxylic acids is 1. The van der Waals surface area contributed by atoms with Crippen molar-refractivity contribution in [2.75, 3.05) is 12.4 Å². The van der Waals surface area contributed by atoms with Crippen LogP contribution in [0.5, 0.6) is 0 Å². The molecular formula is C31H30N4O5S. The van der Waals surface area contributed by atoms with Gasteiger partial charge in [-0.3, -0.25) is 9.78 Å². The number of nitrogens with one attached hydrogen (secondary N) is 1. The Labute approximate surface area is 238 Å². The van der Waals surface area contributed by atoms with Crippen LogP contribution in [0.25, 0.3) is 27.9 Å². The molecule has 10 heteroatoms. The molecule has 2 aliphatic rings. The largest absolute Gasteiger partial charge is 0.376 e. The summed E-state index contributed by atoms with van der Waals surface area (Å²) in [6, 6.07) is 16.3. The lowest BCUT2D eigenvalue weighted by molar-refractivity contribution is 0.0303. The van der Waals surface area contributed by atoms with Crippen molar-refractivity contribution >= 4 is 32.2 Å².